The number of anilines is 1. The predicted octanol–water partition coefficient (Wildman–Crippen LogP) is 4.12. The number of aromatic nitrogens is 1. The van der Waals surface area contributed by atoms with Gasteiger partial charge in [-0.2, -0.15) is 0 Å². The molecule has 0 fully saturated rings. The smallest absolute Gasteiger partial charge is 0.311 e. The molecule has 6 heteroatoms. The molecule has 0 aliphatic rings. The van der Waals surface area contributed by atoms with Crippen molar-refractivity contribution in [3.63, 3.8) is 0 Å². The molecule has 1 aromatic carbocycles. The number of nitrogens with one attached hydrogen (secondary N) is 1. The number of pyridine rings is 1. The Kier molecular flexibility index (Phi) is 4.20. The van der Waals surface area contributed by atoms with Crippen LogP contribution >= 0.6 is 11.6 Å². The Morgan fingerprint density at radius 2 is 2.15 bits per heavy atom. The summed E-state index contributed by atoms with van der Waals surface area (Å²) in [5, 5.41) is 14.7. The number of hydrogen-bond donors (Lipinski definition) is 1. The number of nitrogens with zero attached hydrogens (tertiary/aromatic N) is 2. The first-order chi connectivity index (χ1) is 9.47. The third kappa shape index (κ3) is 3.24. The van der Waals surface area contributed by atoms with Gasteiger partial charge in [0.1, 0.15) is 0 Å². The third-order valence-corrected chi connectivity index (χ3v) is 3.14. The van der Waals surface area contributed by atoms with Gasteiger partial charge in [0.25, 0.3) is 0 Å². The summed E-state index contributed by atoms with van der Waals surface area (Å²) in [7, 11) is 0. The minimum absolute atomic E-state index is 0.0288. The molecule has 5 nitrogen and oxygen atoms in total. The second-order valence-electron chi connectivity index (χ2n) is 4.56. The lowest BCUT2D eigenvalue weighted by atomic mass is 10.1. The van der Waals surface area contributed by atoms with Crippen molar-refractivity contribution >= 4 is 23.1 Å². The molecule has 104 valence electrons. The van der Waals surface area contributed by atoms with Crippen LogP contribution in [0.15, 0.2) is 36.5 Å². The van der Waals surface area contributed by atoms with Crippen molar-refractivity contribution < 1.29 is 4.92 Å². The summed E-state index contributed by atoms with van der Waals surface area (Å²) in [5.41, 5.74) is 1.66. The minimum Gasteiger partial charge on any atom is -0.358 e. The van der Waals surface area contributed by atoms with Gasteiger partial charge >= 0.3 is 5.69 Å². The Labute approximate surface area is 121 Å². The van der Waals surface area contributed by atoms with Crippen molar-refractivity contribution in [3.05, 3.63) is 62.8 Å². The van der Waals surface area contributed by atoms with Gasteiger partial charge in [-0.1, -0.05) is 23.7 Å². The SMILES string of the molecule is Cc1cnc(NC(C)c2cccc(Cl)c2)c([N+](=O)[O-])c1. The maximum Gasteiger partial charge on any atom is 0.311 e. The minimum atomic E-state index is -0.437. The summed E-state index contributed by atoms with van der Waals surface area (Å²) in [6.07, 6.45) is 1.60. The van der Waals surface area contributed by atoms with Gasteiger partial charge in [0.2, 0.25) is 5.82 Å². The van der Waals surface area contributed by atoms with Crippen LogP contribution in [0, 0.1) is 17.0 Å². The molecule has 0 aliphatic heterocycles. The van der Waals surface area contributed by atoms with Crippen molar-refractivity contribution in [2.45, 2.75) is 19.9 Å². The van der Waals surface area contributed by atoms with E-state index in [-0.39, 0.29) is 17.5 Å². The average molecular weight is 292 g/mol. The van der Waals surface area contributed by atoms with Gasteiger partial charge in [-0.3, -0.25) is 10.1 Å². The maximum absolute atomic E-state index is 11.1. The van der Waals surface area contributed by atoms with Gasteiger partial charge < -0.3 is 5.32 Å². The summed E-state index contributed by atoms with van der Waals surface area (Å²) in [6.45, 7) is 3.67. The summed E-state index contributed by atoms with van der Waals surface area (Å²) >= 11 is 5.94. The Morgan fingerprint density at radius 3 is 2.80 bits per heavy atom. The first kappa shape index (κ1) is 14.3. The molecule has 0 aliphatic carbocycles. The van der Waals surface area contributed by atoms with E-state index in [1.54, 1.807) is 19.2 Å². The van der Waals surface area contributed by atoms with E-state index in [0.717, 1.165) is 11.1 Å². The Bertz CT molecular complexity index is 646. The Morgan fingerprint density at radius 1 is 1.40 bits per heavy atom. The molecule has 0 bridgehead atoms. The lowest BCUT2D eigenvalue weighted by molar-refractivity contribution is -0.384. The van der Waals surface area contributed by atoms with Gasteiger partial charge in [0.15, 0.2) is 0 Å². The quantitative estimate of drug-likeness (QED) is 0.679. The molecule has 1 unspecified atom stereocenters. The molecular formula is C14H14ClN3O2. The molecule has 1 heterocycles. The molecule has 1 N–H and O–H groups in total. The van der Waals surface area contributed by atoms with Gasteiger partial charge in [-0.25, -0.2) is 4.98 Å². The number of hydrogen-bond acceptors (Lipinski definition) is 4. The van der Waals surface area contributed by atoms with E-state index in [1.165, 1.54) is 6.07 Å². The number of rotatable bonds is 4. The van der Waals surface area contributed by atoms with Gasteiger partial charge in [0.05, 0.1) is 11.0 Å². The normalized spacial score (nSPS) is 11.9. The molecule has 0 saturated heterocycles. The average Bonchev–Trinajstić information content (AvgIpc) is 2.40. The van der Waals surface area contributed by atoms with E-state index in [9.17, 15) is 10.1 Å². The highest BCUT2D eigenvalue weighted by Crippen LogP contribution is 2.27. The number of aryl methyl sites for hydroxylation is 1. The van der Waals surface area contributed by atoms with E-state index in [4.69, 9.17) is 11.6 Å². The van der Waals surface area contributed by atoms with Crippen molar-refractivity contribution in [1.29, 1.82) is 0 Å². The fraction of sp³-hybridized carbons (Fsp3) is 0.214. The summed E-state index contributed by atoms with van der Waals surface area (Å²) in [4.78, 5) is 14.7. The molecular weight excluding hydrogens is 278 g/mol. The van der Waals surface area contributed by atoms with E-state index >= 15 is 0 Å². The highest BCUT2D eigenvalue weighted by Gasteiger charge is 2.17. The van der Waals surface area contributed by atoms with E-state index in [1.807, 2.05) is 25.1 Å². The van der Waals surface area contributed by atoms with Crippen LogP contribution < -0.4 is 5.32 Å². The van der Waals surface area contributed by atoms with Crippen LogP contribution in [-0.2, 0) is 0 Å². The van der Waals surface area contributed by atoms with Crippen LogP contribution in [0.1, 0.15) is 24.1 Å². The lowest BCUT2D eigenvalue weighted by Gasteiger charge is -2.15. The fourth-order valence-electron chi connectivity index (χ4n) is 1.87. The topological polar surface area (TPSA) is 68.1 Å². The highest BCUT2D eigenvalue weighted by atomic mass is 35.5. The molecule has 1 aromatic heterocycles. The zero-order valence-corrected chi connectivity index (χ0v) is 11.9. The number of benzene rings is 1. The second-order valence-corrected chi connectivity index (χ2v) is 4.99. The molecule has 2 rings (SSSR count). The van der Waals surface area contributed by atoms with E-state index < -0.39 is 4.92 Å². The van der Waals surface area contributed by atoms with E-state index in [0.29, 0.717) is 5.02 Å². The van der Waals surface area contributed by atoms with Crippen molar-refractivity contribution in [2.24, 2.45) is 0 Å². The van der Waals surface area contributed by atoms with Crippen molar-refractivity contribution in [3.8, 4) is 0 Å². The molecule has 2 aromatic rings. The van der Waals surface area contributed by atoms with Crippen LogP contribution in [0.5, 0.6) is 0 Å². The van der Waals surface area contributed by atoms with Gasteiger partial charge in [-0.05, 0) is 37.1 Å². The van der Waals surface area contributed by atoms with E-state index in [2.05, 4.69) is 10.3 Å². The largest absolute Gasteiger partial charge is 0.358 e. The summed E-state index contributed by atoms with van der Waals surface area (Å²) in [5.74, 6) is 0.257. The van der Waals surface area contributed by atoms with Crippen LogP contribution in [0.3, 0.4) is 0 Å². The molecule has 0 saturated carbocycles. The van der Waals surface area contributed by atoms with Gasteiger partial charge in [-0.15, -0.1) is 0 Å². The van der Waals surface area contributed by atoms with Crippen LogP contribution in [0.4, 0.5) is 11.5 Å². The lowest BCUT2D eigenvalue weighted by Crippen LogP contribution is -2.10. The zero-order valence-electron chi connectivity index (χ0n) is 11.1. The number of nitro groups is 1. The molecule has 0 amide bonds. The first-order valence-electron chi connectivity index (χ1n) is 6.10. The van der Waals surface area contributed by atoms with Crippen LogP contribution in [0.2, 0.25) is 5.02 Å². The maximum atomic E-state index is 11.1. The third-order valence-electron chi connectivity index (χ3n) is 2.90. The Balaban J connectivity index is 2.28. The van der Waals surface area contributed by atoms with Gasteiger partial charge in [0, 0.05) is 17.3 Å². The first-order valence-corrected chi connectivity index (χ1v) is 6.48. The monoisotopic (exact) mass is 291 g/mol. The standard InChI is InChI=1S/C14H14ClN3O2/c1-9-6-13(18(19)20)14(16-8-9)17-10(2)11-4-3-5-12(15)7-11/h3-8,10H,1-2H3,(H,16,17). The summed E-state index contributed by atoms with van der Waals surface area (Å²) in [6, 6.07) is 8.71. The van der Waals surface area contributed by atoms with Crippen LogP contribution in [0.25, 0.3) is 0 Å². The molecule has 0 radical (unpaired) electrons. The van der Waals surface area contributed by atoms with Crippen molar-refractivity contribution in [2.75, 3.05) is 5.32 Å². The second kappa shape index (κ2) is 5.88. The fourth-order valence-corrected chi connectivity index (χ4v) is 2.07. The van der Waals surface area contributed by atoms with Crippen LogP contribution in [-0.4, -0.2) is 9.91 Å². The zero-order chi connectivity index (χ0) is 14.7. The molecule has 20 heavy (non-hydrogen) atoms. The highest BCUT2D eigenvalue weighted by molar-refractivity contribution is 6.30. The van der Waals surface area contributed by atoms with Crippen molar-refractivity contribution in [1.82, 2.24) is 4.98 Å². The summed E-state index contributed by atoms with van der Waals surface area (Å²) < 4.78 is 0. The Hall–Kier alpha value is -2.14. The molecule has 1 atom stereocenters. The predicted molar refractivity (Wildman–Crippen MR) is 79.1 cm³/mol. The number of halogens is 1. The molecule has 0 spiro atoms.